The zero-order valence-electron chi connectivity index (χ0n) is 16.7. The van der Waals surface area contributed by atoms with Gasteiger partial charge in [0.25, 0.3) is 5.91 Å². The summed E-state index contributed by atoms with van der Waals surface area (Å²) in [6.45, 7) is 0.231. The van der Waals surface area contributed by atoms with Crippen molar-refractivity contribution in [1.29, 1.82) is 0 Å². The summed E-state index contributed by atoms with van der Waals surface area (Å²) in [4.78, 5) is 28.3. The summed E-state index contributed by atoms with van der Waals surface area (Å²) in [7, 11) is 1.70. The Hall–Kier alpha value is -2.87. The first-order chi connectivity index (χ1) is 14.6. The number of amides is 2. The molecule has 2 amide bonds. The van der Waals surface area contributed by atoms with Crippen molar-refractivity contribution in [3.05, 3.63) is 46.2 Å². The molecule has 1 aromatic carbocycles. The molecule has 8 heteroatoms. The highest BCUT2D eigenvalue weighted by Gasteiger charge is 2.36. The van der Waals surface area contributed by atoms with E-state index in [1.54, 1.807) is 23.3 Å². The lowest BCUT2D eigenvalue weighted by molar-refractivity contribution is -0.144. The van der Waals surface area contributed by atoms with Gasteiger partial charge in [0.2, 0.25) is 12.7 Å². The number of likely N-dealkylation sites (N-methyl/N-ethyl adjacent to an activating group) is 1. The van der Waals surface area contributed by atoms with E-state index in [0.717, 1.165) is 35.4 Å². The number of hydrogen-bond donors (Lipinski definition) is 0. The largest absolute Gasteiger partial charge is 0.454 e. The van der Waals surface area contributed by atoms with E-state index in [1.807, 2.05) is 35.7 Å². The zero-order chi connectivity index (χ0) is 20.7. The lowest BCUT2D eigenvalue weighted by atomic mass is 9.84. The normalized spacial score (nSPS) is 20.1. The van der Waals surface area contributed by atoms with Crippen molar-refractivity contribution in [2.75, 3.05) is 20.4 Å². The number of carbonyl (C=O) groups excluding carboxylic acids is 2. The van der Waals surface area contributed by atoms with E-state index in [-0.39, 0.29) is 37.1 Å². The molecule has 5 rings (SSSR count). The van der Waals surface area contributed by atoms with Crippen molar-refractivity contribution in [2.24, 2.45) is 11.0 Å². The van der Waals surface area contributed by atoms with Gasteiger partial charge < -0.3 is 14.4 Å². The molecule has 2 aromatic rings. The number of benzene rings is 1. The van der Waals surface area contributed by atoms with Gasteiger partial charge in [0.15, 0.2) is 11.5 Å². The summed E-state index contributed by atoms with van der Waals surface area (Å²) in [5.41, 5.74) is 1.82. The lowest BCUT2D eigenvalue weighted by Crippen LogP contribution is -2.42. The Bertz CT molecular complexity index is 1000. The second-order valence-electron chi connectivity index (χ2n) is 7.92. The van der Waals surface area contributed by atoms with Crippen molar-refractivity contribution in [1.82, 2.24) is 9.91 Å². The quantitative estimate of drug-likeness (QED) is 0.736. The van der Waals surface area contributed by atoms with Gasteiger partial charge in [-0.05, 0) is 42.0 Å². The molecule has 1 fully saturated rings. The lowest BCUT2D eigenvalue weighted by Gasteiger charge is -2.30. The summed E-state index contributed by atoms with van der Waals surface area (Å²) in [5, 5.41) is 8.22. The Labute approximate surface area is 178 Å². The summed E-state index contributed by atoms with van der Waals surface area (Å²) in [6.07, 6.45) is 3.54. The molecule has 1 saturated carbocycles. The second-order valence-corrected chi connectivity index (χ2v) is 8.86. The van der Waals surface area contributed by atoms with Gasteiger partial charge in [0, 0.05) is 19.4 Å². The number of nitrogens with zero attached hydrogens (tertiary/aromatic N) is 3. The van der Waals surface area contributed by atoms with E-state index >= 15 is 0 Å². The molecular weight excluding hydrogens is 402 g/mol. The highest BCUT2D eigenvalue weighted by atomic mass is 32.1. The van der Waals surface area contributed by atoms with Crippen LogP contribution in [0.2, 0.25) is 0 Å². The topological polar surface area (TPSA) is 71.4 Å². The van der Waals surface area contributed by atoms with E-state index in [0.29, 0.717) is 17.9 Å². The molecule has 0 unspecified atom stereocenters. The predicted octanol–water partition coefficient (Wildman–Crippen LogP) is 3.41. The molecule has 1 atom stereocenters. The van der Waals surface area contributed by atoms with Crippen LogP contribution in [0.3, 0.4) is 0 Å². The Balaban J connectivity index is 1.39. The number of hydrogen-bond acceptors (Lipinski definition) is 6. The average molecular weight is 426 g/mol. The molecule has 0 N–H and O–H groups in total. The first-order valence-corrected chi connectivity index (χ1v) is 11.1. The molecule has 0 radical (unpaired) electrons. The van der Waals surface area contributed by atoms with Crippen molar-refractivity contribution >= 4 is 28.9 Å². The molecule has 2 aliphatic heterocycles. The van der Waals surface area contributed by atoms with Crippen LogP contribution in [0.15, 0.2) is 40.8 Å². The van der Waals surface area contributed by atoms with Crippen LogP contribution in [0.5, 0.6) is 11.5 Å². The molecule has 7 nitrogen and oxygen atoms in total. The van der Waals surface area contributed by atoms with Crippen molar-refractivity contribution < 1.29 is 19.1 Å². The smallest absolute Gasteiger partial charge is 0.262 e. The maximum Gasteiger partial charge on any atom is 0.262 e. The fourth-order valence-corrected chi connectivity index (χ4v) is 4.75. The fourth-order valence-electron chi connectivity index (χ4n) is 4.03. The number of ether oxygens (including phenoxy) is 2. The Morgan fingerprint density at radius 1 is 1.23 bits per heavy atom. The molecule has 30 heavy (non-hydrogen) atoms. The van der Waals surface area contributed by atoms with Gasteiger partial charge in [-0.2, -0.15) is 5.10 Å². The summed E-state index contributed by atoms with van der Waals surface area (Å²) in [6, 6.07) is 9.50. The van der Waals surface area contributed by atoms with Crippen LogP contribution in [-0.4, -0.2) is 47.8 Å². The molecule has 3 aliphatic rings. The highest BCUT2D eigenvalue weighted by Crippen LogP contribution is 2.39. The molecule has 156 valence electrons. The van der Waals surface area contributed by atoms with Crippen LogP contribution >= 0.6 is 11.3 Å². The first-order valence-electron chi connectivity index (χ1n) is 10.2. The van der Waals surface area contributed by atoms with Crippen molar-refractivity contribution in [3.63, 3.8) is 0 Å². The van der Waals surface area contributed by atoms with E-state index in [1.165, 1.54) is 5.01 Å². The summed E-state index contributed by atoms with van der Waals surface area (Å²) in [5.74, 6) is 1.33. The van der Waals surface area contributed by atoms with Crippen LogP contribution in [0, 0.1) is 5.92 Å². The van der Waals surface area contributed by atoms with Crippen LogP contribution in [0.1, 0.15) is 42.2 Å². The number of rotatable bonds is 5. The van der Waals surface area contributed by atoms with Gasteiger partial charge in [-0.3, -0.25) is 9.59 Å². The van der Waals surface area contributed by atoms with Crippen LogP contribution in [0.4, 0.5) is 0 Å². The van der Waals surface area contributed by atoms with Crippen LogP contribution < -0.4 is 9.47 Å². The van der Waals surface area contributed by atoms with Gasteiger partial charge in [-0.15, -0.1) is 11.3 Å². The van der Waals surface area contributed by atoms with Crippen molar-refractivity contribution in [3.8, 4) is 11.5 Å². The molecule has 0 saturated heterocycles. The number of thiophene rings is 1. The minimum atomic E-state index is -0.240. The summed E-state index contributed by atoms with van der Waals surface area (Å²) < 4.78 is 10.9. The number of fused-ring (bicyclic) bond motifs is 1. The predicted molar refractivity (Wildman–Crippen MR) is 113 cm³/mol. The van der Waals surface area contributed by atoms with Gasteiger partial charge in [-0.25, -0.2) is 5.01 Å². The third kappa shape index (κ3) is 3.45. The van der Waals surface area contributed by atoms with Gasteiger partial charge in [0.05, 0.1) is 16.6 Å². The maximum atomic E-state index is 13.2. The standard InChI is InChI=1S/C22H23N3O4S/c1-24(22(27)14-4-2-5-14)12-21(26)25-17(11-16(23-25)20-6-3-9-30-20)15-7-8-18-19(10-15)29-13-28-18/h3,6-10,14,17H,2,4-5,11-13H2,1H3/t17-/m0/s1. The number of hydrazone groups is 1. The molecule has 1 aromatic heterocycles. The molecule has 3 heterocycles. The molecule has 1 aliphatic carbocycles. The average Bonchev–Trinajstić information content (AvgIpc) is 3.45. The van der Waals surface area contributed by atoms with E-state index in [4.69, 9.17) is 9.47 Å². The van der Waals surface area contributed by atoms with E-state index in [2.05, 4.69) is 5.10 Å². The van der Waals surface area contributed by atoms with Gasteiger partial charge >= 0.3 is 0 Å². The van der Waals surface area contributed by atoms with E-state index < -0.39 is 0 Å². The van der Waals surface area contributed by atoms with Gasteiger partial charge in [-0.1, -0.05) is 18.6 Å². The fraction of sp³-hybridized carbons (Fsp3) is 0.409. The Morgan fingerprint density at radius 3 is 2.80 bits per heavy atom. The third-order valence-electron chi connectivity index (χ3n) is 5.96. The zero-order valence-corrected chi connectivity index (χ0v) is 17.6. The number of carbonyl (C=O) groups is 2. The Morgan fingerprint density at radius 2 is 2.07 bits per heavy atom. The molecule has 0 spiro atoms. The SMILES string of the molecule is CN(CC(=O)N1N=C(c2cccs2)C[C@H]1c1ccc2c(c1)OCO2)C(=O)C1CCC1. The van der Waals surface area contributed by atoms with Crippen LogP contribution in [0.25, 0.3) is 0 Å². The minimum absolute atomic E-state index is 0.0254. The van der Waals surface area contributed by atoms with Gasteiger partial charge in [0.1, 0.15) is 6.54 Å². The summed E-state index contributed by atoms with van der Waals surface area (Å²) >= 11 is 1.61. The molecular formula is C22H23N3O4S. The second kappa shape index (κ2) is 7.75. The van der Waals surface area contributed by atoms with Crippen LogP contribution in [-0.2, 0) is 9.59 Å². The highest BCUT2D eigenvalue weighted by molar-refractivity contribution is 7.12. The Kier molecular flexibility index (Phi) is 4.94. The third-order valence-corrected chi connectivity index (χ3v) is 6.87. The monoisotopic (exact) mass is 425 g/mol. The first kappa shape index (κ1) is 19.1. The van der Waals surface area contributed by atoms with Crippen molar-refractivity contribution in [2.45, 2.75) is 31.7 Å². The maximum absolute atomic E-state index is 13.2. The van der Waals surface area contributed by atoms with E-state index in [9.17, 15) is 9.59 Å². The molecule has 0 bridgehead atoms. The minimum Gasteiger partial charge on any atom is -0.454 e.